The predicted octanol–water partition coefficient (Wildman–Crippen LogP) is 5.39. The fourth-order valence-corrected chi connectivity index (χ4v) is 3.39. The van der Waals surface area contributed by atoms with Crippen LogP contribution in [0.1, 0.15) is 24.3 Å². The lowest BCUT2D eigenvalue weighted by Crippen LogP contribution is -2.13. The van der Waals surface area contributed by atoms with Gasteiger partial charge in [0.25, 0.3) is 0 Å². The molecule has 0 saturated carbocycles. The van der Waals surface area contributed by atoms with Gasteiger partial charge in [0, 0.05) is 15.8 Å². The van der Waals surface area contributed by atoms with Crippen LogP contribution < -0.4 is 5.32 Å². The maximum absolute atomic E-state index is 6.05. The van der Waals surface area contributed by atoms with Crippen LogP contribution in [0.15, 0.2) is 30.3 Å². The second kappa shape index (κ2) is 6.07. The molecular weight excluding hydrogens is 285 g/mol. The number of hydrogen-bond acceptors (Lipinski definition) is 2. The molecule has 4 heteroatoms. The van der Waals surface area contributed by atoms with Crippen LogP contribution in [0.5, 0.6) is 0 Å². The van der Waals surface area contributed by atoms with Gasteiger partial charge in [-0.3, -0.25) is 0 Å². The van der Waals surface area contributed by atoms with Crippen molar-refractivity contribution in [1.82, 2.24) is 5.32 Å². The Bertz CT molecular complexity index is 532. The van der Waals surface area contributed by atoms with Crippen molar-refractivity contribution in [3.05, 3.63) is 45.3 Å². The zero-order valence-electron chi connectivity index (χ0n) is 10.3. The molecule has 0 spiro atoms. The Labute approximate surface area is 122 Å². The van der Waals surface area contributed by atoms with Gasteiger partial charge in [0.15, 0.2) is 0 Å². The number of halogens is 2. The lowest BCUT2D eigenvalue weighted by molar-refractivity contribution is 0.586. The number of hydrogen-bond donors (Lipinski definition) is 1. The minimum absolute atomic E-state index is 0.423. The summed E-state index contributed by atoms with van der Waals surface area (Å²) in [7, 11) is 1.99. The van der Waals surface area contributed by atoms with E-state index in [1.807, 2.05) is 25.2 Å². The molecule has 0 aliphatic heterocycles. The van der Waals surface area contributed by atoms with E-state index in [-0.39, 0.29) is 0 Å². The molecule has 0 bridgehead atoms. The van der Waals surface area contributed by atoms with Crippen LogP contribution in [0.25, 0.3) is 10.4 Å². The summed E-state index contributed by atoms with van der Waals surface area (Å²) in [5.41, 5.74) is 1.12. The van der Waals surface area contributed by atoms with Crippen LogP contribution >= 0.6 is 34.5 Å². The predicted molar refractivity (Wildman–Crippen MR) is 81.9 cm³/mol. The third-order valence-corrected chi connectivity index (χ3v) is 4.92. The highest BCUT2D eigenvalue weighted by Gasteiger charge is 2.11. The van der Waals surface area contributed by atoms with Crippen molar-refractivity contribution in [2.45, 2.75) is 19.4 Å². The molecule has 0 amide bonds. The molecule has 1 unspecified atom stereocenters. The average molecular weight is 300 g/mol. The molecule has 0 saturated heterocycles. The quantitative estimate of drug-likeness (QED) is 0.798. The van der Waals surface area contributed by atoms with E-state index in [1.54, 1.807) is 11.3 Å². The third-order valence-electron chi connectivity index (χ3n) is 2.93. The van der Waals surface area contributed by atoms with E-state index in [2.05, 4.69) is 24.4 Å². The Balaban J connectivity index is 2.31. The van der Waals surface area contributed by atoms with E-state index in [1.165, 1.54) is 9.75 Å². The molecule has 18 heavy (non-hydrogen) atoms. The minimum Gasteiger partial charge on any atom is -0.312 e. The van der Waals surface area contributed by atoms with Crippen molar-refractivity contribution in [2.24, 2.45) is 0 Å². The van der Waals surface area contributed by atoms with E-state index >= 15 is 0 Å². The van der Waals surface area contributed by atoms with Crippen LogP contribution in [0.2, 0.25) is 10.0 Å². The Morgan fingerprint density at radius 2 is 1.94 bits per heavy atom. The van der Waals surface area contributed by atoms with Gasteiger partial charge in [0.05, 0.1) is 10.0 Å². The van der Waals surface area contributed by atoms with Crippen molar-refractivity contribution in [3.63, 3.8) is 0 Å². The molecule has 1 N–H and O–H groups in total. The van der Waals surface area contributed by atoms with Gasteiger partial charge in [0.2, 0.25) is 0 Å². The minimum atomic E-state index is 0.423. The molecule has 2 rings (SSSR count). The van der Waals surface area contributed by atoms with Gasteiger partial charge < -0.3 is 5.32 Å². The Kier molecular flexibility index (Phi) is 4.68. The number of rotatable bonds is 4. The first-order valence-corrected chi connectivity index (χ1v) is 7.45. The number of thiophene rings is 1. The van der Waals surface area contributed by atoms with Crippen LogP contribution in [0, 0.1) is 0 Å². The van der Waals surface area contributed by atoms with Crippen LogP contribution in [0.3, 0.4) is 0 Å². The molecule has 0 aliphatic rings. The van der Waals surface area contributed by atoms with Gasteiger partial charge >= 0.3 is 0 Å². The summed E-state index contributed by atoms with van der Waals surface area (Å²) in [4.78, 5) is 2.57. The Morgan fingerprint density at radius 1 is 1.17 bits per heavy atom. The Morgan fingerprint density at radius 3 is 2.56 bits per heavy atom. The van der Waals surface area contributed by atoms with Crippen molar-refractivity contribution < 1.29 is 0 Å². The summed E-state index contributed by atoms with van der Waals surface area (Å²) >= 11 is 13.8. The molecule has 0 radical (unpaired) electrons. The van der Waals surface area contributed by atoms with E-state index in [9.17, 15) is 0 Å². The summed E-state index contributed by atoms with van der Waals surface area (Å²) in [6, 6.07) is 10.5. The number of benzene rings is 1. The molecule has 1 atom stereocenters. The second-order valence-electron chi connectivity index (χ2n) is 4.08. The van der Waals surface area contributed by atoms with Gasteiger partial charge in [-0.1, -0.05) is 36.2 Å². The summed E-state index contributed by atoms with van der Waals surface area (Å²) in [6.07, 6.45) is 1.08. The van der Waals surface area contributed by atoms with Gasteiger partial charge in [-0.25, -0.2) is 0 Å². The van der Waals surface area contributed by atoms with Gasteiger partial charge in [0.1, 0.15) is 0 Å². The first-order chi connectivity index (χ1) is 8.65. The zero-order valence-corrected chi connectivity index (χ0v) is 12.7. The second-order valence-corrected chi connectivity index (χ2v) is 6.01. The van der Waals surface area contributed by atoms with Crippen LogP contribution in [-0.4, -0.2) is 7.05 Å². The van der Waals surface area contributed by atoms with Crippen molar-refractivity contribution in [2.75, 3.05) is 7.05 Å². The molecule has 1 heterocycles. The van der Waals surface area contributed by atoms with Crippen LogP contribution in [-0.2, 0) is 0 Å². The molecule has 0 aliphatic carbocycles. The van der Waals surface area contributed by atoms with Crippen molar-refractivity contribution in [3.8, 4) is 10.4 Å². The molecular formula is C14H15Cl2NS. The summed E-state index contributed by atoms with van der Waals surface area (Å²) in [6.45, 7) is 2.18. The maximum Gasteiger partial charge on any atom is 0.0598 e. The standard InChI is InChI=1S/C14H15Cl2NS/c1-3-12(17-2)14-7-6-13(18-14)9-4-5-10(15)11(16)8-9/h4-8,12,17H,3H2,1-2H3. The first kappa shape index (κ1) is 13.9. The molecule has 0 fully saturated rings. The summed E-state index contributed by atoms with van der Waals surface area (Å²) < 4.78 is 0. The third kappa shape index (κ3) is 2.89. The van der Waals surface area contributed by atoms with E-state index in [0.29, 0.717) is 16.1 Å². The largest absolute Gasteiger partial charge is 0.312 e. The molecule has 1 aromatic heterocycles. The number of nitrogens with one attached hydrogen (secondary N) is 1. The van der Waals surface area contributed by atoms with Gasteiger partial charge in [-0.05, 0) is 43.3 Å². The zero-order chi connectivity index (χ0) is 13.1. The molecule has 96 valence electrons. The highest BCUT2D eigenvalue weighted by molar-refractivity contribution is 7.15. The highest BCUT2D eigenvalue weighted by Crippen LogP contribution is 2.35. The summed E-state index contributed by atoms with van der Waals surface area (Å²) in [5, 5.41) is 4.51. The van der Waals surface area contributed by atoms with E-state index in [0.717, 1.165) is 12.0 Å². The van der Waals surface area contributed by atoms with Crippen molar-refractivity contribution in [1.29, 1.82) is 0 Å². The normalized spacial score (nSPS) is 12.7. The highest BCUT2D eigenvalue weighted by atomic mass is 35.5. The SMILES string of the molecule is CCC(NC)c1ccc(-c2ccc(Cl)c(Cl)c2)s1. The van der Waals surface area contributed by atoms with E-state index < -0.39 is 0 Å². The lowest BCUT2D eigenvalue weighted by atomic mass is 10.1. The van der Waals surface area contributed by atoms with Gasteiger partial charge in [-0.15, -0.1) is 11.3 Å². The van der Waals surface area contributed by atoms with Gasteiger partial charge in [-0.2, -0.15) is 0 Å². The Hall–Kier alpha value is -0.540. The van der Waals surface area contributed by atoms with Crippen molar-refractivity contribution >= 4 is 34.5 Å². The topological polar surface area (TPSA) is 12.0 Å². The first-order valence-electron chi connectivity index (χ1n) is 5.88. The average Bonchev–Trinajstić information content (AvgIpc) is 2.84. The molecule has 1 nitrogen and oxygen atoms in total. The van der Waals surface area contributed by atoms with Crippen LogP contribution in [0.4, 0.5) is 0 Å². The molecule has 2 aromatic rings. The maximum atomic E-state index is 6.05. The fourth-order valence-electron chi connectivity index (χ4n) is 1.89. The monoisotopic (exact) mass is 299 g/mol. The fraction of sp³-hybridized carbons (Fsp3) is 0.286. The summed E-state index contributed by atoms with van der Waals surface area (Å²) in [5.74, 6) is 0. The van der Waals surface area contributed by atoms with E-state index in [4.69, 9.17) is 23.2 Å². The smallest absolute Gasteiger partial charge is 0.0598 e. The molecule has 1 aromatic carbocycles. The lowest BCUT2D eigenvalue weighted by Gasteiger charge is -2.10.